The monoisotopic (exact) mass is 428 g/mol. The van der Waals surface area contributed by atoms with Crippen LogP contribution in [0, 0.1) is 6.92 Å². The molecule has 0 atom stereocenters. The number of likely N-dealkylation sites (N-methyl/N-ethyl adjacent to an activating group) is 1. The summed E-state index contributed by atoms with van der Waals surface area (Å²) in [6, 6.07) is 16.2. The molecule has 0 unspecified atom stereocenters. The van der Waals surface area contributed by atoms with Crippen LogP contribution in [0.25, 0.3) is 22.6 Å². The van der Waals surface area contributed by atoms with Crippen molar-refractivity contribution in [2.45, 2.75) is 13.8 Å². The molecule has 3 N–H and O–H groups in total. The first-order chi connectivity index (χ1) is 15.5. The molecule has 3 heterocycles. The van der Waals surface area contributed by atoms with Crippen LogP contribution in [-0.2, 0) is 0 Å². The molecule has 1 aliphatic heterocycles. The van der Waals surface area contributed by atoms with Crippen molar-refractivity contribution < 1.29 is 4.79 Å². The Balaban J connectivity index is 1.54. The molecular weight excluding hydrogens is 400 g/mol. The normalized spacial score (nSPS) is 14.8. The number of aromatic amines is 2. The fourth-order valence-corrected chi connectivity index (χ4v) is 4.41. The highest BCUT2D eigenvalue weighted by Gasteiger charge is 2.22. The van der Waals surface area contributed by atoms with Crippen molar-refractivity contribution in [1.82, 2.24) is 19.9 Å². The molecular formula is C25H28N6O. The van der Waals surface area contributed by atoms with Crippen LogP contribution in [0.1, 0.15) is 23.0 Å². The van der Waals surface area contributed by atoms with Crippen molar-refractivity contribution in [2.75, 3.05) is 43.4 Å². The molecule has 2 aromatic carbocycles. The van der Waals surface area contributed by atoms with Gasteiger partial charge in [-0.05, 0) is 51.2 Å². The average molecular weight is 429 g/mol. The molecule has 0 aliphatic carbocycles. The van der Waals surface area contributed by atoms with Gasteiger partial charge in [-0.15, -0.1) is 0 Å². The number of piperazine rings is 1. The number of benzene rings is 2. The predicted octanol–water partition coefficient (Wildman–Crippen LogP) is 4.56. The Morgan fingerprint density at radius 2 is 1.78 bits per heavy atom. The molecule has 0 amide bonds. The minimum Gasteiger partial charge on any atom is -0.369 e. The standard InChI is InChI=1S/C25H28N6O/c1-16-22(17(2)32)23(27-18-7-5-4-6-8-18)24(26-16)25-28-20-10-9-19(15-21(20)29-25)31-13-11-30(3)12-14-31/h4-10,15,26-27H,11-14H2,1-3H3,(H,28,29). The quantitative estimate of drug-likeness (QED) is 0.406. The van der Waals surface area contributed by atoms with E-state index in [1.807, 2.05) is 37.3 Å². The Bertz CT molecular complexity index is 1260. The summed E-state index contributed by atoms with van der Waals surface area (Å²) < 4.78 is 0. The first-order valence-corrected chi connectivity index (χ1v) is 11.0. The van der Waals surface area contributed by atoms with Crippen LogP contribution in [0.2, 0.25) is 0 Å². The number of nitrogens with one attached hydrogen (secondary N) is 3. The second kappa shape index (κ2) is 8.16. The number of rotatable bonds is 5. The summed E-state index contributed by atoms with van der Waals surface area (Å²) in [5.41, 5.74) is 7.03. The second-order valence-electron chi connectivity index (χ2n) is 8.50. The van der Waals surface area contributed by atoms with Crippen molar-refractivity contribution in [1.29, 1.82) is 0 Å². The number of aromatic nitrogens is 3. The largest absolute Gasteiger partial charge is 0.369 e. The van der Waals surface area contributed by atoms with Gasteiger partial charge in [-0.3, -0.25) is 4.79 Å². The van der Waals surface area contributed by atoms with E-state index in [0.717, 1.165) is 60.0 Å². The highest BCUT2D eigenvalue weighted by molar-refractivity contribution is 6.05. The van der Waals surface area contributed by atoms with Gasteiger partial charge in [-0.25, -0.2) is 4.98 Å². The van der Waals surface area contributed by atoms with Gasteiger partial charge in [0.2, 0.25) is 0 Å². The van der Waals surface area contributed by atoms with E-state index in [-0.39, 0.29) is 5.78 Å². The van der Waals surface area contributed by atoms with E-state index in [0.29, 0.717) is 11.4 Å². The van der Waals surface area contributed by atoms with Crippen molar-refractivity contribution in [3.63, 3.8) is 0 Å². The van der Waals surface area contributed by atoms with E-state index in [2.05, 4.69) is 50.3 Å². The third kappa shape index (κ3) is 3.76. The molecule has 164 valence electrons. The molecule has 1 aliphatic rings. The maximum absolute atomic E-state index is 12.4. The summed E-state index contributed by atoms with van der Waals surface area (Å²) in [5, 5.41) is 3.43. The van der Waals surface area contributed by atoms with E-state index in [1.54, 1.807) is 6.92 Å². The first-order valence-electron chi connectivity index (χ1n) is 11.0. The van der Waals surface area contributed by atoms with Crippen LogP contribution >= 0.6 is 0 Å². The summed E-state index contributed by atoms with van der Waals surface area (Å²) in [6.07, 6.45) is 0. The van der Waals surface area contributed by atoms with E-state index in [4.69, 9.17) is 4.98 Å². The number of H-pyrrole nitrogens is 2. The minimum atomic E-state index is 0.0110. The highest BCUT2D eigenvalue weighted by atomic mass is 16.1. The van der Waals surface area contributed by atoms with E-state index >= 15 is 0 Å². The Hall–Kier alpha value is -3.58. The van der Waals surface area contributed by atoms with Crippen LogP contribution in [0.15, 0.2) is 48.5 Å². The second-order valence-corrected chi connectivity index (χ2v) is 8.50. The lowest BCUT2D eigenvalue weighted by molar-refractivity contribution is 0.101. The van der Waals surface area contributed by atoms with Gasteiger partial charge in [-0.1, -0.05) is 18.2 Å². The van der Waals surface area contributed by atoms with E-state index in [1.165, 1.54) is 5.69 Å². The lowest BCUT2D eigenvalue weighted by Crippen LogP contribution is -2.44. The number of fused-ring (bicyclic) bond motifs is 1. The molecule has 4 aromatic rings. The third-order valence-electron chi connectivity index (χ3n) is 6.15. The summed E-state index contributed by atoms with van der Waals surface area (Å²) in [5.74, 6) is 0.724. The summed E-state index contributed by atoms with van der Waals surface area (Å²) in [7, 11) is 2.16. The molecule has 32 heavy (non-hydrogen) atoms. The minimum absolute atomic E-state index is 0.0110. The van der Waals surface area contributed by atoms with Gasteiger partial charge in [0.15, 0.2) is 11.6 Å². The van der Waals surface area contributed by atoms with Gasteiger partial charge < -0.3 is 25.1 Å². The zero-order valence-electron chi connectivity index (χ0n) is 18.7. The first kappa shape index (κ1) is 20.3. The van der Waals surface area contributed by atoms with Gasteiger partial charge >= 0.3 is 0 Å². The van der Waals surface area contributed by atoms with E-state index in [9.17, 15) is 4.79 Å². The molecule has 0 bridgehead atoms. The third-order valence-corrected chi connectivity index (χ3v) is 6.15. The molecule has 2 aromatic heterocycles. The van der Waals surface area contributed by atoms with Crippen LogP contribution in [0.4, 0.5) is 17.1 Å². The smallest absolute Gasteiger partial charge is 0.163 e. The molecule has 0 saturated carbocycles. The molecule has 1 saturated heterocycles. The molecule has 0 radical (unpaired) electrons. The maximum Gasteiger partial charge on any atom is 0.163 e. The Morgan fingerprint density at radius 3 is 2.50 bits per heavy atom. The van der Waals surface area contributed by atoms with Crippen LogP contribution < -0.4 is 10.2 Å². The summed E-state index contributed by atoms with van der Waals surface area (Å²) in [4.78, 5) is 28.9. The van der Waals surface area contributed by atoms with E-state index < -0.39 is 0 Å². The van der Waals surface area contributed by atoms with Crippen molar-refractivity contribution in [2.24, 2.45) is 0 Å². The number of anilines is 3. The SMILES string of the molecule is CC(=O)c1c(C)[nH]c(-c2nc3ccc(N4CCN(C)CC4)cc3[nH]2)c1Nc1ccccc1. The number of Topliss-reactive ketones (excluding diaryl/α,β-unsaturated/α-hetero) is 1. The highest BCUT2D eigenvalue weighted by Crippen LogP contribution is 2.35. The fourth-order valence-electron chi connectivity index (χ4n) is 4.41. The number of carbonyl (C=O) groups is 1. The topological polar surface area (TPSA) is 80.1 Å². The number of ketones is 1. The molecule has 7 heteroatoms. The van der Waals surface area contributed by atoms with Crippen molar-refractivity contribution in [3.05, 3.63) is 59.8 Å². The van der Waals surface area contributed by atoms with Gasteiger partial charge in [0.25, 0.3) is 0 Å². The number of imidazole rings is 1. The van der Waals surface area contributed by atoms with Gasteiger partial charge in [0, 0.05) is 43.2 Å². The molecule has 0 spiro atoms. The maximum atomic E-state index is 12.4. The number of aryl methyl sites for hydroxylation is 1. The zero-order valence-corrected chi connectivity index (χ0v) is 18.7. The lowest BCUT2D eigenvalue weighted by Gasteiger charge is -2.34. The Labute approximate surface area is 187 Å². The van der Waals surface area contributed by atoms with Crippen LogP contribution in [0.5, 0.6) is 0 Å². The summed E-state index contributed by atoms with van der Waals surface area (Å²) >= 11 is 0. The predicted molar refractivity (Wildman–Crippen MR) is 130 cm³/mol. The zero-order chi connectivity index (χ0) is 22.2. The number of para-hydroxylation sites is 1. The summed E-state index contributed by atoms with van der Waals surface area (Å²) in [6.45, 7) is 7.69. The fraction of sp³-hybridized carbons (Fsp3) is 0.280. The molecule has 7 nitrogen and oxygen atoms in total. The average Bonchev–Trinajstić information content (AvgIpc) is 3.35. The lowest BCUT2D eigenvalue weighted by atomic mass is 10.1. The number of carbonyl (C=O) groups excluding carboxylic acids is 1. The Kier molecular flexibility index (Phi) is 5.19. The Morgan fingerprint density at radius 1 is 1.03 bits per heavy atom. The number of nitrogens with zero attached hydrogens (tertiary/aromatic N) is 3. The number of hydrogen-bond acceptors (Lipinski definition) is 5. The molecule has 1 fully saturated rings. The van der Waals surface area contributed by atoms with Crippen molar-refractivity contribution >= 4 is 33.9 Å². The molecule has 5 rings (SSSR count). The van der Waals surface area contributed by atoms with Gasteiger partial charge in [0.05, 0.1) is 22.3 Å². The van der Waals surface area contributed by atoms with Crippen LogP contribution in [0.3, 0.4) is 0 Å². The van der Waals surface area contributed by atoms with Crippen molar-refractivity contribution in [3.8, 4) is 11.5 Å². The van der Waals surface area contributed by atoms with Gasteiger partial charge in [0.1, 0.15) is 5.69 Å². The van der Waals surface area contributed by atoms with Crippen LogP contribution in [-0.4, -0.2) is 58.9 Å². The number of hydrogen-bond donors (Lipinski definition) is 3. The van der Waals surface area contributed by atoms with Gasteiger partial charge in [-0.2, -0.15) is 0 Å².